The van der Waals surface area contributed by atoms with Crippen LogP contribution in [-0.4, -0.2) is 18.0 Å². The van der Waals surface area contributed by atoms with Crippen LogP contribution in [-0.2, 0) is 19.4 Å². The van der Waals surface area contributed by atoms with Crippen LogP contribution in [0.15, 0.2) is 40.7 Å². The molecule has 0 saturated carbocycles. The number of nitrogens with zero attached hydrogens (tertiary/aromatic N) is 2. The van der Waals surface area contributed by atoms with E-state index in [4.69, 9.17) is 5.73 Å². The first-order valence-electron chi connectivity index (χ1n) is 6.21. The van der Waals surface area contributed by atoms with E-state index in [0.717, 1.165) is 23.5 Å². The third-order valence-electron chi connectivity index (χ3n) is 2.76. The van der Waals surface area contributed by atoms with Gasteiger partial charge < -0.3 is 11.1 Å². The highest BCUT2D eigenvalue weighted by atomic mass is 32.1. The Hall–Kier alpha value is -1.88. The lowest BCUT2D eigenvalue weighted by Gasteiger charge is -2.01. The fraction of sp³-hybridized carbons (Fsp3) is 0.286. The number of nitrogens with two attached hydrogens (primary N) is 1. The van der Waals surface area contributed by atoms with Crippen molar-refractivity contribution in [2.24, 2.45) is 10.7 Å². The average Bonchev–Trinajstić information content (AvgIpc) is 2.91. The molecular formula is C14H18N4S. The number of aromatic nitrogens is 1. The normalized spacial score (nSPS) is 11.5. The number of aliphatic imine (C=N–C) groups is 1. The Labute approximate surface area is 117 Å². The van der Waals surface area contributed by atoms with Gasteiger partial charge in [-0.25, -0.2) is 4.98 Å². The number of hydrogen-bond acceptors (Lipinski definition) is 3. The molecule has 0 aliphatic rings. The molecule has 0 aliphatic carbocycles. The number of nitrogens with one attached hydrogen (secondary N) is 1. The second kappa shape index (κ2) is 6.89. The van der Waals surface area contributed by atoms with E-state index in [1.54, 1.807) is 18.4 Å². The lowest BCUT2D eigenvalue weighted by molar-refractivity contribution is 0.852. The van der Waals surface area contributed by atoms with E-state index in [1.807, 2.05) is 6.07 Å². The second-order valence-corrected chi connectivity index (χ2v) is 5.12. The molecule has 0 aliphatic heterocycles. The van der Waals surface area contributed by atoms with Gasteiger partial charge in [-0.3, -0.25) is 4.99 Å². The van der Waals surface area contributed by atoms with Gasteiger partial charge in [0, 0.05) is 18.8 Å². The van der Waals surface area contributed by atoms with Gasteiger partial charge in [0.25, 0.3) is 0 Å². The number of benzene rings is 1. The SMILES string of the molecule is CN=C(N)NCc1csc(CCc2ccccc2)n1. The Morgan fingerprint density at radius 1 is 1.32 bits per heavy atom. The highest BCUT2D eigenvalue weighted by molar-refractivity contribution is 7.09. The zero-order valence-corrected chi connectivity index (χ0v) is 11.8. The van der Waals surface area contributed by atoms with Gasteiger partial charge in [-0.15, -0.1) is 11.3 Å². The standard InChI is InChI=1S/C14H18N4S/c1-16-14(15)17-9-12-10-19-13(18-12)8-7-11-5-3-2-4-6-11/h2-6,10H,7-9H2,1H3,(H3,15,16,17). The minimum absolute atomic E-state index is 0.443. The number of aryl methyl sites for hydroxylation is 2. The monoisotopic (exact) mass is 274 g/mol. The maximum atomic E-state index is 5.58. The van der Waals surface area contributed by atoms with Crippen molar-refractivity contribution >= 4 is 17.3 Å². The van der Waals surface area contributed by atoms with Crippen LogP contribution in [0.25, 0.3) is 0 Å². The zero-order valence-electron chi connectivity index (χ0n) is 11.0. The summed E-state index contributed by atoms with van der Waals surface area (Å²) in [6, 6.07) is 10.5. The molecule has 1 heterocycles. The molecule has 0 amide bonds. The largest absolute Gasteiger partial charge is 0.370 e. The molecular weight excluding hydrogens is 256 g/mol. The van der Waals surface area contributed by atoms with Crippen LogP contribution in [0.1, 0.15) is 16.3 Å². The third kappa shape index (κ3) is 4.37. The van der Waals surface area contributed by atoms with Gasteiger partial charge in [0.05, 0.1) is 17.2 Å². The van der Waals surface area contributed by atoms with Gasteiger partial charge in [0.1, 0.15) is 0 Å². The van der Waals surface area contributed by atoms with E-state index in [9.17, 15) is 0 Å². The van der Waals surface area contributed by atoms with Gasteiger partial charge in [-0.05, 0) is 12.0 Å². The van der Waals surface area contributed by atoms with Crippen molar-refractivity contribution < 1.29 is 0 Å². The molecule has 100 valence electrons. The van der Waals surface area contributed by atoms with E-state index in [-0.39, 0.29) is 0 Å². The molecule has 2 aromatic rings. The van der Waals surface area contributed by atoms with Crippen LogP contribution in [0, 0.1) is 0 Å². The molecule has 19 heavy (non-hydrogen) atoms. The smallest absolute Gasteiger partial charge is 0.188 e. The average molecular weight is 274 g/mol. The topological polar surface area (TPSA) is 63.3 Å². The third-order valence-corrected chi connectivity index (χ3v) is 3.72. The Bertz CT molecular complexity index is 533. The second-order valence-electron chi connectivity index (χ2n) is 4.18. The molecule has 0 radical (unpaired) electrons. The number of hydrogen-bond donors (Lipinski definition) is 2. The van der Waals surface area contributed by atoms with Crippen LogP contribution in [0.5, 0.6) is 0 Å². The summed E-state index contributed by atoms with van der Waals surface area (Å²) in [6.07, 6.45) is 2.01. The van der Waals surface area contributed by atoms with Gasteiger partial charge in [-0.1, -0.05) is 30.3 Å². The summed E-state index contributed by atoms with van der Waals surface area (Å²) in [4.78, 5) is 8.42. The first-order chi connectivity index (χ1) is 9.28. The summed E-state index contributed by atoms with van der Waals surface area (Å²) in [5, 5.41) is 6.23. The molecule has 0 fully saturated rings. The maximum absolute atomic E-state index is 5.58. The molecule has 0 bridgehead atoms. The number of guanidine groups is 1. The van der Waals surface area contributed by atoms with Gasteiger partial charge >= 0.3 is 0 Å². The van der Waals surface area contributed by atoms with Crippen molar-refractivity contribution in [1.29, 1.82) is 0 Å². The fourth-order valence-corrected chi connectivity index (χ4v) is 2.50. The Kier molecular flexibility index (Phi) is 4.92. The highest BCUT2D eigenvalue weighted by Gasteiger charge is 2.03. The van der Waals surface area contributed by atoms with E-state index < -0.39 is 0 Å². The summed E-state index contributed by atoms with van der Waals surface area (Å²) < 4.78 is 0. The molecule has 3 N–H and O–H groups in total. The lowest BCUT2D eigenvalue weighted by Crippen LogP contribution is -2.30. The maximum Gasteiger partial charge on any atom is 0.188 e. The quantitative estimate of drug-likeness (QED) is 0.647. The molecule has 1 aromatic heterocycles. The van der Waals surface area contributed by atoms with Crippen LogP contribution in [0.2, 0.25) is 0 Å². The minimum atomic E-state index is 0.443. The summed E-state index contributed by atoms with van der Waals surface area (Å²) >= 11 is 1.70. The lowest BCUT2D eigenvalue weighted by atomic mass is 10.1. The molecule has 0 spiro atoms. The molecule has 0 saturated heterocycles. The molecule has 4 nitrogen and oxygen atoms in total. The van der Waals surface area contributed by atoms with Crippen LogP contribution < -0.4 is 11.1 Å². The Morgan fingerprint density at radius 2 is 2.11 bits per heavy atom. The summed E-state index contributed by atoms with van der Waals surface area (Å²) in [7, 11) is 1.66. The van der Waals surface area contributed by atoms with E-state index in [2.05, 4.69) is 44.9 Å². The number of thiazole rings is 1. The van der Waals surface area contributed by atoms with Crippen molar-refractivity contribution in [3.05, 3.63) is 52.0 Å². The van der Waals surface area contributed by atoms with Crippen molar-refractivity contribution in [1.82, 2.24) is 10.3 Å². The predicted octanol–water partition coefficient (Wildman–Crippen LogP) is 1.96. The first-order valence-corrected chi connectivity index (χ1v) is 7.09. The van der Waals surface area contributed by atoms with Crippen molar-refractivity contribution in [2.45, 2.75) is 19.4 Å². The van der Waals surface area contributed by atoms with Gasteiger partial charge in [-0.2, -0.15) is 0 Å². The number of rotatable bonds is 5. The van der Waals surface area contributed by atoms with Crippen LogP contribution in [0.4, 0.5) is 0 Å². The summed E-state index contributed by atoms with van der Waals surface area (Å²) in [6.45, 7) is 0.630. The first kappa shape index (κ1) is 13.5. The molecule has 1 aromatic carbocycles. The highest BCUT2D eigenvalue weighted by Crippen LogP contribution is 2.13. The zero-order chi connectivity index (χ0) is 13.5. The van der Waals surface area contributed by atoms with Crippen molar-refractivity contribution in [3.63, 3.8) is 0 Å². The molecule has 5 heteroatoms. The minimum Gasteiger partial charge on any atom is -0.370 e. The Morgan fingerprint density at radius 3 is 2.84 bits per heavy atom. The fourth-order valence-electron chi connectivity index (χ4n) is 1.70. The predicted molar refractivity (Wildman–Crippen MR) is 80.4 cm³/mol. The van der Waals surface area contributed by atoms with Crippen molar-refractivity contribution in [2.75, 3.05) is 7.05 Å². The van der Waals surface area contributed by atoms with E-state index in [1.165, 1.54) is 5.56 Å². The van der Waals surface area contributed by atoms with E-state index in [0.29, 0.717) is 12.5 Å². The Balaban J connectivity index is 1.84. The molecule has 0 unspecified atom stereocenters. The van der Waals surface area contributed by atoms with E-state index >= 15 is 0 Å². The summed E-state index contributed by atoms with van der Waals surface area (Å²) in [5.74, 6) is 0.443. The van der Waals surface area contributed by atoms with Crippen LogP contribution >= 0.6 is 11.3 Å². The molecule has 0 atom stereocenters. The van der Waals surface area contributed by atoms with Crippen LogP contribution in [0.3, 0.4) is 0 Å². The summed E-state index contributed by atoms with van der Waals surface area (Å²) in [5.41, 5.74) is 7.94. The molecule has 2 rings (SSSR count). The van der Waals surface area contributed by atoms with Gasteiger partial charge in [0.2, 0.25) is 0 Å². The van der Waals surface area contributed by atoms with Crippen molar-refractivity contribution in [3.8, 4) is 0 Å². The van der Waals surface area contributed by atoms with Gasteiger partial charge in [0.15, 0.2) is 5.96 Å².